The molecule has 0 unspecified atom stereocenters. The second kappa shape index (κ2) is 21.3. The standard InChI is InChI=1S/C48H48BN3O5S2/c1-55-42-28-24-40(25-29-42)47(36-16-8-4-9-17-36,37-18-10-5-11-19-37)58-34-32-44(53)50-46(52-49-57-3)51-45(54)33-35-59-48(38-20-12-6-13-21-38,39-22-14-7-15-23-39)41-26-30-43(56-2)31-27-41/h4-31,46H,32-35H2,1-3H3,(H,50,53)(H,51,54). The second-order valence-electron chi connectivity index (χ2n) is 13.5. The van der Waals surface area contributed by atoms with Crippen molar-refractivity contribution in [2.45, 2.75) is 28.6 Å². The molecular weight excluding hydrogens is 773 g/mol. The van der Waals surface area contributed by atoms with Crippen molar-refractivity contribution in [3.63, 3.8) is 0 Å². The summed E-state index contributed by atoms with van der Waals surface area (Å²) < 4.78 is 14.8. The van der Waals surface area contributed by atoms with Crippen LogP contribution in [0.1, 0.15) is 46.2 Å². The molecular formula is C48H48BN3O5S2. The Balaban J connectivity index is 1.16. The Morgan fingerprint density at radius 3 is 1.10 bits per heavy atom. The van der Waals surface area contributed by atoms with Crippen molar-refractivity contribution in [1.82, 2.24) is 10.6 Å². The van der Waals surface area contributed by atoms with Crippen LogP contribution in [-0.4, -0.2) is 58.2 Å². The molecule has 11 heteroatoms. The third kappa shape index (κ3) is 10.5. The fraction of sp³-hybridized carbons (Fsp3) is 0.208. The normalized spacial score (nSPS) is 11.5. The van der Waals surface area contributed by atoms with E-state index in [2.05, 4.69) is 88.3 Å². The Hall–Kier alpha value is -5.78. The molecule has 6 aromatic rings. The van der Waals surface area contributed by atoms with Gasteiger partial charge in [0.05, 0.1) is 14.2 Å². The van der Waals surface area contributed by atoms with E-state index < -0.39 is 15.8 Å². The van der Waals surface area contributed by atoms with Crippen molar-refractivity contribution in [2.24, 2.45) is 4.90 Å². The van der Waals surface area contributed by atoms with Crippen molar-refractivity contribution in [1.29, 1.82) is 0 Å². The van der Waals surface area contributed by atoms with Crippen molar-refractivity contribution in [3.8, 4) is 11.5 Å². The van der Waals surface area contributed by atoms with Gasteiger partial charge in [0.1, 0.15) is 0 Å². The number of thioether (sulfide) groups is 2. The predicted molar refractivity (Wildman–Crippen MR) is 241 cm³/mol. The first-order valence-corrected chi connectivity index (χ1v) is 21.3. The van der Waals surface area contributed by atoms with Crippen LogP contribution in [0.3, 0.4) is 0 Å². The number of amides is 2. The molecule has 0 atom stereocenters. The summed E-state index contributed by atoms with van der Waals surface area (Å²) in [6.07, 6.45) is -0.675. The Morgan fingerprint density at radius 2 is 0.814 bits per heavy atom. The number of carbonyl (C=O) groups excluding carboxylic acids is 2. The molecule has 0 aliphatic rings. The van der Waals surface area contributed by atoms with Crippen LogP contribution in [0.2, 0.25) is 0 Å². The number of benzene rings is 6. The molecule has 6 rings (SSSR count). The Bertz CT molecular complexity index is 2000. The van der Waals surface area contributed by atoms with E-state index in [0.717, 1.165) is 44.9 Å². The number of methoxy groups -OCH3 is 2. The van der Waals surface area contributed by atoms with Gasteiger partial charge in [-0.05, 0) is 0 Å². The Kier molecular flexibility index (Phi) is 15.5. The summed E-state index contributed by atoms with van der Waals surface area (Å²) in [5, 5.41) is 5.80. The van der Waals surface area contributed by atoms with Crippen LogP contribution in [0, 0.1) is 0 Å². The average Bonchev–Trinajstić information content (AvgIpc) is 3.30. The quantitative estimate of drug-likeness (QED) is 0.0451. The van der Waals surface area contributed by atoms with Crippen LogP contribution in [-0.2, 0) is 23.7 Å². The predicted octanol–water partition coefficient (Wildman–Crippen LogP) is 9.20. The van der Waals surface area contributed by atoms with E-state index in [1.54, 1.807) is 37.7 Å². The van der Waals surface area contributed by atoms with Crippen LogP contribution >= 0.6 is 23.5 Å². The molecule has 0 radical (unpaired) electrons. The summed E-state index contributed by atoms with van der Waals surface area (Å²) in [5.74, 6) is 1.95. The average molecular weight is 822 g/mol. The first-order chi connectivity index (χ1) is 28.9. The number of hydrogen-bond donors (Lipinski definition) is 2. The van der Waals surface area contributed by atoms with Crippen LogP contribution in [0.25, 0.3) is 0 Å². The molecule has 8 nitrogen and oxygen atoms in total. The summed E-state index contributed by atoms with van der Waals surface area (Å²) in [7, 11) is 5.99. The van der Waals surface area contributed by atoms with E-state index in [4.69, 9.17) is 14.1 Å². The fourth-order valence-electron chi connectivity index (χ4n) is 7.12. The summed E-state index contributed by atoms with van der Waals surface area (Å²) >= 11 is 3.35. The number of carbonyl (C=O) groups is 2. The zero-order valence-corrected chi connectivity index (χ0v) is 35.1. The molecule has 0 saturated carbocycles. The summed E-state index contributed by atoms with van der Waals surface area (Å²) in [6.45, 7) is 0. The molecule has 0 heterocycles. The van der Waals surface area contributed by atoms with E-state index in [1.165, 1.54) is 14.4 Å². The van der Waals surface area contributed by atoms with E-state index in [9.17, 15) is 9.59 Å². The first kappa shape index (κ1) is 42.8. The number of ether oxygens (including phenoxy) is 2. The Morgan fingerprint density at radius 1 is 0.508 bits per heavy atom. The van der Waals surface area contributed by atoms with Gasteiger partial charge in [-0.1, -0.05) is 0 Å². The molecule has 0 aliphatic heterocycles. The molecule has 0 bridgehead atoms. The first-order valence-electron chi connectivity index (χ1n) is 19.3. The van der Waals surface area contributed by atoms with E-state index in [0.29, 0.717) is 11.5 Å². The zero-order chi connectivity index (χ0) is 41.3. The molecule has 300 valence electrons. The van der Waals surface area contributed by atoms with Gasteiger partial charge in [0.25, 0.3) is 0 Å². The van der Waals surface area contributed by atoms with Gasteiger partial charge in [0.2, 0.25) is 0 Å². The van der Waals surface area contributed by atoms with Gasteiger partial charge in [0.15, 0.2) is 0 Å². The topological polar surface area (TPSA) is 98.3 Å². The number of nitrogens with one attached hydrogen (secondary N) is 2. The number of nitrogens with zero attached hydrogens (tertiary/aromatic N) is 1. The van der Waals surface area contributed by atoms with Gasteiger partial charge in [-0.3, -0.25) is 0 Å². The van der Waals surface area contributed by atoms with Gasteiger partial charge in [0, 0.05) is 0 Å². The fourth-order valence-corrected chi connectivity index (χ4v) is 10.1. The van der Waals surface area contributed by atoms with Crippen LogP contribution in [0.4, 0.5) is 0 Å². The van der Waals surface area contributed by atoms with Crippen LogP contribution < -0.4 is 20.1 Å². The van der Waals surface area contributed by atoms with Gasteiger partial charge < -0.3 is 9.47 Å². The molecule has 0 saturated heterocycles. The molecule has 0 fully saturated rings. The SMILES string of the molecule is COB=NC(NC(=O)CCSC(c1ccccc1)(c1ccccc1)c1ccc(OC)cc1)NC(=O)CCSC(c1ccccc1)(c1ccccc1)c1ccc(OC)cc1. The number of rotatable bonds is 20. The maximum atomic E-state index is 13.6. The third-order valence-electron chi connectivity index (χ3n) is 9.92. The van der Waals surface area contributed by atoms with Gasteiger partial charge in [-0.2, -0.15) is 0 Å². The molecule has 2 N–H and O–H groups in total. The van der Waals surface area contributed by atoms with Crippen LogP contribution in [0.5, 0.6) is 11.5 Å². The van der Waals surface area contributed by atoms with Gasteiger partial charge in [-0.25, -0.2) is 0 Å². The van der Waals surface area contributed by atoms with Gasteiger partial charge >= 0.3 is 334 Å². The molecule has 59 heavy (non-hydrogen) atoms. The minimum absolute atomic E-state index is 0.172. The van der Waals surface area contributed by atoms with Crippen LogP contribution in [0.15, 0.2) is 175 Å². The van der Waals surface area contributed by atoms with Gasteiger partial charge in [-0.15, -0.1) is 0 Å². The molecule has 0 aromatic heterocycles. The number of hydrogen-bond acceptors (Lipinski definition) is 8. The summed E-state index contributed by atoms with van der Waals surface area (Å²) in [5.41, 5.74) is 6.47. The van der Waals surface area contributed by atoms with Crippen molar-refractivity contribution < 1.29 is 23.7 Å². The van der Waals surface area contributed by atoms with E-state index in [-0.39, 0.29) is 24.7 Å². The van der Waals surface area contributed by atoms with Crippen molar-refractivity contribution in [2.75, 3.05) is 32.8 Å². The van der Waals surface area contributed by atoms with E-state index >= 15 is 0 Å². The monoisotopic (exact) mass is 821 g/mol. The summed E-state index contributed by atoms with van der Waals surface area (Å²) in [4.78, 5) is 31.5. The molecule has 6 aromatic carbocycles. The van der Waals surface area contributed by atoms with Crippen molar-refractivity contribution in [3.05, 3.63) is 203 Å². The molecule has 2 amide bonds. The van der Waals surface area contributed by atoms with E-state index in [1.807, 2.05) is 97.1 Å². The zero-order valence-electron chi connectivity index (χ0n) is 33.5. The maximum absolute atomic E-state index is 13.6. The second-order valence-corrected chi connectivity index (χ2v) is 16.1. The summed E-state index contributed by atoms with van der Waals surface area (Å²) in [6, 6.07) is 57.4. The molecule has 0 aliphatic carbocycles. The Labute approximate surface area is 356 Å². The minimum atomic E-state index is -1.02. The molecule has 0 spiro atoms. The third-order valence-corrected chi connectivity index (χ3v) is 13.0. The van der Waals surface area contributed by atoms with Crippen molar-refractivity contribution >= 4 is 42.6 Å².